The Hall–Kier alpha value is -3.68. The van der Waals surface area contributed by atoms with Crippen molar-refractivity contribution in [3.63, 3.8) is 0 Å². The van der Waals surface area contributed by atoms with E-state index in [-0.39, 0.29) is 18.4 Å². The van der Waals surface area contributed by atoms with Crippen molar-refractivity contribution in [3.8, 4) is 0 Å². The number of benzene rings is 2. The van der Waals surface area contributed by atoms with Crippen molar-refractivity contribution < 1.29 is 19.2 Å². The highest BCUT2D eigenvalue weighted by Crippen LogP contribution is 2.23. The highest BCUT2D eigenvalue weighted by Gasteiger charge is 2.24. The molecule has 2 aromatic rings. The number of nitrogens with one attached hydrogen (secondary N) is 1. The van der Waals surface area contributed by atoms with Crippen molar-refractivity contribution in [1.82, 2.24) is 4.90 Å². The van der Waals surface area contributed by atoms with Crippen molar-refractivity contribution in [3.05, 3.63) is 59.7 Å². The molecule has 8 heteroatoms. The zero-order chi connectivity index (χ0) is 23.3. The lowest BCUT2D eigenvalue weighted by Gasteiger charge is -2.24. The number of primary amides is 1. The first-order valence-electron chi connectivity index (χ1n) is 10.6. The smallest absolute Gasteiger partial charge is 0.313 e. The molecule has 3 rings (SSSR count). The van der Waals surface area contributed by atoms with Gasteiger partial charge in [0.05, 0.1) is 0 Å². The highest BCUT2D eigenvalue weighted by molar-refractivity contribution is 6.39. The third kappa shape index (κ3) is 5.72. The highest BCUT2D eigenvalue weighted by atomic mass is 16.2. The molecule has 8 nitrogen and oxygen atoms in total. The van der Waals surface area contributed by atoms with Crippen LogP contribution in [0.1, 0.15) is 42.6 Å². The molecule has 4 amide bonds. The van der Waals surface area contributed by atoms with E-state index >= 15 is 0 Å². The predicted molar refractivity (Wildman–Crippen MR) is 122 cm³/mol. The SMILES string of the molecule is CC(C)CN(Cc1cccc(C(N)=O)c1)C(=O)C(=O)Nc1ccc(N2CCCC2=O)cc1. The molecule has 0 unspecified atom stereocenters. The van der Waals surface area contributed by atoms with E-state index in [0.717, 1.165) is 12.1 Å². The first kappa shape index (κ1) is 23.0. The summed E-state index contributed by atoms with van der Waals surface area (Å²) in [5, 5.41) is 2.63. The Morgan fingerprint density at radius 1 is 1.12 bits per heavy atom. The molecule has 0 atom stereocenters. The van der Waals surface area contributed by atoms with Crippen LogP contribution >= 0.6 is 0 Å². The van der Waals surface area contributed by atoms with Gasteiger partial charge < -0.3 is 20.9 Å². The van der Waals surface area contributed by atoms with Gasteiger partial charge in [-0.2, -0.15) is 0 Å². The molecule has 1 aliphatic heterocycles. The number of nitrogens with two attached hydrogens (primary N) is 1. The normalized spacial score (nSPS) is 13.3. The third-order valence-electron chi connectivity index (χ3n) is 5.16. The molecule has 0 radical (unpaired) electrons. The predicted octanol–water partition coefficient (Wildman–Crippen LogP) is 2.54. The average Bonchev–Trinajstić information content (AvgIpc) is 3.19. The van der Waals surface area contributed by atoms with Gasteiger partial charge in [-0.05, 0) is 54.3 Å². The summed E-state index contributed by atoms with van der Waals surface area (Å²) in [6.45, 7) is 5.15. The zero-order valence-corrected chi connectivity index (χ0v) is 18.3. The second kappa shape index (κ2) is 10.1. The Kier molecular flexibility index (Phi) is 7.25. The summed E-state index contributed by atoms with van der Waals surface area (Å²) in [6.07, 6.45) is 1.38. The van der Waals surface area contributed by atoms with E-state index in [0.29, 0.717) is 36.3 Å². The molecule has 0 saturated carbocycles. The lowest BCUT2D eigenvalue weighted by molar-refractivity contribution is -0.143. The van der Waals surface area contributed by atoms with Gasteiger partial charge in [0, 0.05) is 43.0 Å². The lowest BCUT2D eigenvalue weighted by atomic mass is 10.1. The van der Waals surface area contributed by atoms with Crippen molar-refractivity contribution in [2.45, 2.75) is 33.2 Å². The van der Waals surface area contributed by atoms with Gasteiger partial charge in [0.25, 0.3) is 0 Å². The molecule has 1 aliphatic rings. The Morgan fingerprint density at radius 2 is 1.84 bits per heavy atom. The standard InChI is InChI=1S/C24H28N4O4/c1-16(2)14-27(15-17-5-3-6-18(13-17)22(25)30)24(32)23(31)26-19-8-10-20(11-9-19)28-12-4-7-21(28)29/h3,5-6,8-11,13,16H,4,7,12,14-15H2,1-2H3,(H2,25,30)(H,26,31). The van der Waals surface area contributed by atoms with E-state index in [1.807, 2.05) is 13.8 Å². The number of nitrogens with zero attached hydrogens (tertiary/aromatic N) is 2. The van der Waals surface area contributed by atoms with Crippen LogP contribution in [0.3, 0.4) is 0 Å². The Labute approximate surface area is 187 Å². The first-order valence-corrected chi connectivity index (χ1v) is 10.6. The summed E-state index contributed by atoms with van der Waals surface area (Å²) in [5.74, 6) is -1.74. The minimum atomic E-state index is -0.748. The molecular weight excluding hydrogens is 408 g/mol. The molecule has 3 N–H and O–H groups in total. The average molecular weight is 437 g/mol. The van der Waals surface area contributed by atoms with Gasteiger partial charge in [0.1, 0.15) is 0 Å². The fraction of sp³-hybridized carbons (Fsp3) is 0.333. The lowest BCUT2D eigenvalue weighted by Crippen LogP contribution is -2.41. The number of carbonyl (C=O) groups is 4. The van der Waals surface area contributed by atoms with Gasteiger partial charge in [0.15, 0.2) is 0 Å². The van der Waals surface area contributed by atoms with Crippen molar-refractivity contribution in [2.24, 2.45) is 11.7 Å². The second-order valence-electron chi connectivity index (χ2n) is 8.29. The summed E-state index contributed by atoms with van der Waals surface area (Å²) in [5.41, 5.74) is 7.64. The van der Waals surface area contributed by atoms with Gasteiger partial charge in [-0.15, -0.1) is 0 Å². The van der Waals surface area contributed by atoms with E-state index < -0.39 is 17.7 Å². The van der Waals surface area contributed by atoms with E-state index in [4.69, 9.17) is 5.73 Å². The molecule has 0 aromatic heterocycles. The van der Waals surface area contributed by atoms with Crippen LogP contribution in [0.5, 0.6) is 0 Å². The maximum absolute atomic E-state index is 12.9. The van der Waals surface area contributed by atoms with Crippen LogP contribution in [0.25, 0.3) is 0 Å². The molecule has 0 aliphatic carbocycles. The largest absolute Gasteiger partial charge is 0.366 e. The van der Waals surface area contributed by atoms with E-state index in [1.165, 1.54) is 4.90 Å². The summed E-state index contributed by atoms with van der Waals surface area (Å²) >= 11 is 0. The zero-order valence-electron chi connectivity index (χ0n) is 18.3. The van der Waals surface area contributed by atoms with Gasteiger partial charge in [0.2, 0.25) is 11.8 Å². The first-order chi connectivity index (χ1) is 15.2. The van der Waals surface area contributed by atoms with Crippen LogP contribution in [0.4, 0.5) is 11.4 Å². The maximum Gasteiger partial charge on any atom is 0.313 e. The van der Waals surface area contributed by atoms with Gasteiger partial charge in [-0.1, -0.05) is 26.0 Å². The van der Waals surface area contributed by atoms with Gasteiger partial charge in [-0.25, -0.2) is 0 Å². The van der Waals surface area contributed by atoms with Crippen LogP contribution in [-0.4, -0.2) is 41.6 Å². The fourth-order valence-corrected chi connectivity index (χ4v) is 3.68. The number of carbonyl (C=O) groups excluding carboxylic acids is 4. The Bertz CT molecular complexity index is 1020. The van der Waals surface area contributed by atoms with Crippen molar-refractivity contribution >= 4 is 35.0 Å². The van der Waals surface area contributed by atoms with Crippen LogP contribution in [0.2, 0.25) is 0 Å². The number of hydrogen-bond acceptors (Lipinski definition) is 4. The van der Waals surface area contributed by atoms with Gasteiger partial charge >= 0.3 is 11.8 Å². The van der Waals surface area contributed by atoms with E-state index in [9.17, 15) is 19.2 Å². The molecule has 1 saturated heterocycles. The maximum atomic E-state index is 12.9. The van der Waals surface area contributed by atoms with E-state index in [2.05, 4.69) is 5.32 Å². The molecule has 1 heterocycles. The summed E-state index contributed by atoms with van der Waals surface area (Å²) in [7, 11) is 0. The van der Waals surface area contributed by atoms with Crippen molar-refractivity contribution in [2.75, 3.05) is 23.3 Å². The molecule has 168 valence electrons. The molecule has 32 heavy (non-hydrogen) atoms. The molecule has 0 spiro atoms. The second-order valence-corrected chi connectivity index (χ2v) is 8.29. The Morgan fingerprint density at radius 3 is 2.44 bits per heavy atom. The third-order valence-corrected chi connectivity index (χ3v) is 5.16. The quantitative estimate of drug-likeness (QED) is 0.650. The summed E-state index contributed by atoms with van der Waals surface area (Å²) in [4.78, 5) is 52.0. The van der Waals surface area contributed by atoms with Gasteiger partial charge in [-0.3, -0.25) is 19.2 Å². The Balaban J connectivity index is 1.69. The fourth-order valence-electron chi connectivity index (χ4n) is 3.68. The van der Waals surface area contributed by atoms with Crippen LogP contribution in [-0.2, 0) is 20.9 Å². The monoisotopic (exact) mass is 436 g/mol. The molecular formula is C24H28N4O4. The molecule has 2 aromatic carbocycles. The number of rotatable bonds is 7. The topological polar surface area (TPSA) is 113 Å². The number of hydrogen-bond donors (Lipinski definition) is 2. The van der Waals surface area contributed by atoms with Crippen LogP contribution in [0.15, 0.2) is 48.5 Å². The molecule has 0 bridgehead atoms. The number of anilines is 2. The van der Waals surface area contributed by atoms with Crippen molar-refractivity contribution in [1.29, 1.82) is 0 Å². The summed E-state index contributed by atoms with van der Waals surface area (Å²) < 4.78 is 0. The minimum Gasteiger partial charge on any atom is -0.366 e. The summed E-state index contributed by atoms with van der Waals surface area (Å²) in [6, 6.07) is 13.6. The van der Waals surface area contributed by atoms with Crippen LogP contribution in [0, 0.1) is 5.92 Å². The van der Waals surface area contributed by atoms with Crippen LogP contribution < -0.4 is 16.0 Å². The number of amides is 4. The minimum absolute atomic E-state index is 0.0849. The van der Waals surface area contributed by atoms with E-state index in [1.54, 1.807) is 53.4 Å². The molecule has 1 fully saturated rings.